The number of benzene rings is 2. The van der Waals surface area contributed by atoms with E-state index < -0.39 is 10.0 Å². The van der Waals surface area contributed by atoms with Gasteiger partial charge in [0.25, 0.3) is 0 Å². The minimum Gasteiger partial charge on any atom is -0.497 e. The first-order valence-corrected chi connectivity index (χ1v) is 12.4. The van der Waals surface area contributed by atoms with E-state index in [1.165, 1.54) is 4.31 Å². The third-order valence-corrected chi connectivity index (χ3v) is 7.95. The number of hydrogen-bond donors (Lipinski definition) is 0. The van der Waals surface area contributed by atoms with E-state index in [0.717, 1.165) is 11.3 Å². The summed E-state index contributed by atoms with van der Waals surface area (Å²) < 4.78 is 32.6. The molecule has 2 aromatic carbocycles. The van der Waals surface area contributed by atoms with Crippen molar-refractivity contribution in [1.82, 2.24) is 9.21 Å². The molecule has 0 radical (unpaired) electrons. The van der Waals surface area contributed by atoms with E-state index in [1.54, 1.807) is 37.3 Å². The Morgan fingerprint density at radius 2 is 1.81 bits per heavy atom. The maximum atomic E-state index is 13.0. The molecule has 1 saturated heterocycles. The molecule has 31 heavy (non-hydrogen) atoms. The fourth-order valence-corrected chi connectivity index (χ4v) is 6.10. The predicted octanol–water partition coefficient (Wildman–Crippen LogP) is 4.20. The Bertz CT molecular complexity index is 1010. The van der Waals surface area contributed by atoms with Gasteiger partial charge >= 0.3 is 0 Å². The molecule has 0 spiro atoms. The van der Waals surface area contributed by atoms with E-state index in [1.807, 2.05) is 24.3 Å². The van der Waals surface area contributed by atoms with Crippen LogP contribution in [0.2, 0.25) is 10.0 Å². The van der Waals surface area contributed by atoms with Gasteiger partial charge < -0.3 is 9.64 Å². The quantitative estimate of drug-likeness (QED) is 0.590. The first-order chi connectivity index (χ1) is 14.7. The SMILES string of the molecule is COc1ccc(CN(C)C(=O)C2CCCN(S(=O)(=O)Cc3c(Cl)cccc3Cl)C2)cc1. The van der Waals surface area contributed by atoms with E-state index in [4.69, 9.17) is 27.9 Å². The number of hydrogen-bond acceptors (Lipinski definition) is 4. The average molecular weight is 485 g/mol. The van der Waals surface area contributed by atoms with Crippen LogP contribution in [0.1, 0.15) is 24.0 Å². The summed E-state index contributed by atoms with van der Waals surface area (Å²) in [4.78, 5) is 14.6. The van der Waals surface area contributed by atoms with E-state index in [0.29, 0.717) is 41.5 Å². The molecule has 9 heteroatoms. The molecule has 0 aromatic heterocycles. The van der Waals surface area contributed by atoms with Gasteiger partial charge in [0, 0.05) is 42.3 Å². The number of sulfonamides is 1. The van der Waals surface area contributed by atoms with Crippen molar-refractivity contribution in [3.05, 3.63) is 63.6 Å². The van der Waals surface area contributed by atoms with Crippen molar-refractivity contribution in [2.75, 3.05) is 27.2 Å². The van der Waals surface area contributed by atoms with E-state index >= 15 is 0 Å². The predicted molar refractivity (Wildman–Crippen MR) is 123 cm³/mol. The highest BCUT2D eigenvalue weighted by atomic mass is 35.5. The normalized spacial score (nSPS) is 17.4. The zero-order valence-electron chi connectivity index (χ0n) is 17.6. The molecule has 0 saturated carbocycles. The van der Waals surface area contributed by atoms with Gasteiger partial charge in [-0.05, 0) is 42.7 Å². The van der Waals surface area contributed by atoms with Crippen LogP contribution in [-0.2, 0) is 27.1 Å². The Balaban J connectivity index is 1.66. The Hall–Kier alpha value is -1.80. The van der Waals surface area contributed by atoms with E-state index in [2.05, 4.69) is 0 Å². The third-order valence-electron chi connectivity index (χ3n) is 5.47. The summed E-state index contributed by atoms with van der Waals surface area (Å²) in [5, 5.41) is 0.639. The number of amides is 1. The average Bonchev–Trinajstić information content (AvgIpc) is 2.76. The first kappa shape index (κ1) is 23.9. The largest absolute Gasteiger partial charge is 0.497 e. The van der Waals surface area contributed by atoms with Crippen molar-refractivity contribution >= 4 is 39.1 Å². The molecule has 1 unspecified atom stereocenters. The lowest BCUT2D eigenvalue weighted by Crippen LogP contribution is -2.46. The number of nitrogens with zero attached hydrogens (tertiary/aromatic N) is 2. The number of carbonyl (C=O) groups is 1. The van der Waals surface area contributed by atoms with Crippen molar-refractivity contribution < 1.29 is 17.9 Å². The zero-order chi connectivity index (χ0) is 22.6. The summed E-state index contributed by atoms with van der Waals surface area (Å²) in [6.45, 7) is 0.994. The molecule has 0 bridgehead atoms. The van der Waals surface area contributed by atoms with Gasteiger partial charge in [-0.1, -0.05) is 41.4 Å². The van der Waals surface area contributed by atoms with Crippen LogP contribution >= 0.6 is 23.2 Å². The van der Waals surface area contributed by atoms with Crippen LogP contribution in [-0.4, -0.2) is 50.8 Å². The van der Waals surface area contributed by atoms with Crippen molar-refractivity contribution in [3.63, 3.8) is 0 Å². The molecule has 1 atom stereocenters. The smallest absolute Gasteiger partial charge is 0.227 e. The second-order valence-electron chi connectivity index (χ2n) is 7.70. The monoisotopic (exact) mass is 484 g/mol. The highest BCUT2D eigenvalue weighted by molar-refractivity contribution is 7.88. The second-order valence-corrected chi connectivity index (χ2v) is 10.5. The Morgan fingerprint density at radius 3 is 2.42 bits per heavy atom. The van der Waals surface area contributed by atoms with Gasteiger partial charge in [0.05, 0.1) is 18.8 Å². The number of halogens is 2. The summed E-state index contributed by atoms with van der Waals surface area (Å²) in [6.07, 6.45) is 1.28. The van der Waals surface area contributed by atoms with Crippen molar-refractivity contribution in [3.8, 4) is 5.75 Å². The van der Waals surface area contributed by atoms with Gasteiger partial charge in [0.2, 0.25) is 15.9 Å². The van der Waals surface area contributed by atoms with Crippen molar-refractivity contribution in [1.29, 1.82) is 0 Å². The van der Waals surface area contributed by atoms with Gasteiger partial charge in [-0.15, -0.1) is 0 Å². The van der Waals surface area contributed by atoms with E-state index in [-0.39, 0.29) is 24.1 Å². The molecule has 1 amide bonds. The lowest BCUT2D eigenvalue weighted by atomic mass is 9.98. The number of piperidine rings is 1. The van der Waals surface area contributed by atoms with Crippen LogP contribution in [0.5, 0.6) is 5.75 Å². The van der Waals surface area contributed by atoms with Crippen molar-refractivity contribution in [2.45, 2.75) is 25.1 Å². The molecular weight excluding hydrogens is 459 g/mol. The molecule has 0 N–H and O–H groups in total. The molecule has 1 heterocycles. The fraction of sp³-hybridized carbons (Fsp3) is 0.409. The molecule has 1 fully saturated rings. The maximum absolute atomic E-state index is 13.0. The number of carbonyl (C=O) groups excluding carboxylic acids is 1. The van der Waals surface area contributed by atoms with Crippen LogP contribution in [0.25, 0.3) is 0 Å². The summed E-state index contributed by atoms with van der Waals surface area (Å²) >= 11 is 12.3. The summed E-state index contributed by atoms with van der Waals surface area (Å²) in [5.74, 6) is 0.0261. The lowest BCUT2D eigenvalue weighted by Gasteiger charge is -2.33. The first-order valence-electron chi connectivity index (χ1n) is 10.00. The Morgan fingerprint density at radius 1 is 1.16 bits per heavy atom. The second kappa shape index (κ2) is 10.2. The van der Waals surface area contributed by atoms with Gasteiger partial charge in [0.1, 0.15) is 5.75 Å². The molecular formula is C22H26Cl2N2O4S. The number of ether oxygens (including phenoxy) is 1. The number of rotatable bonds is 7. The standard InChI is InChI=1S/C22H26Cl2N2O4S/c1-25(13-16-8-10-18(30-2)11-9-16)22(27)17-5-4-12-26(14-17)31(28,29)15-19-20(23)6-3-7-21(19)24/h3,6-11,17H,4-5,12-15H2,1-2H3. The van der Waals surface area contributed by atoms with Gasteiger partial charge in [-0.25, -0.2) is 12.7 Å². The Kier molecular flexibility index (Phi) is 7.86. The highest BCUT2D eigenvalue weighted by Gasteiger charge is 2.34. The zero-order valence-corrected chi connectivity index (χ0v) is 19.9. The summed E-state index contributed by atoms with van der Waals surface area (Å²) in [6, 6.07) is 12.4. The topological polar surface area (TPSA) is 66.9 Å². The lowest BCUT2D eigenvalue weighted by molar-refractivity contribution is -0.135. The van der Waals surface area contributed by atoms with Crippen LogP contribution in [0.4, 0.5) is 0 Å². The molecule has 6 nitrogen and oxygen atoms in total. The van der Waals surface area contributed by atoms with Crippen LogP contribution in [0, 0.1) is 5.92 Å². The van der Waals surface area contributed by atoms with E-state index in [9.17, 15) is 13.2 Å². The van der Waals surface area contributed by atoms with Crippen molar-refractivity contribution in [2.24, 2.45) is 5.92 Å². The number of methoxy groups -OCH3 is 1. The molecule has 1 aliphatic rings. The minimum absolute atomic E-state index is 0.0634. The molecule has 3 rings (SSSR count). The maximum Gasteiger partial charge on any atom is 0.227 e. The minimum atomic E-state index is -3.66. The third kappa shape index (κ3) is 5.92. The Labute approximate surface area is 193 Å². The summed E-state index contributed by atoms with van der Waals surface area (Å²) in [5.41, 5.74) is 1.36. The van der Waals surface area contributed by atoms with Gasteiger partial charge in [0.15, 0.2) is 0 Å². The molecule has 2 aromatic rings. The molecule has 168 valence electrons. The molecule has 1 aliphatic heterocycles. The van der Waals surface area contributed by atoms with Gasteiger partial charge in [-0.2, -0.15) is 0 Å². The molecule has 0 aliphatic carbocycles. The van der Waals surface area contributed by atoms with Crippen LogP contribution in [0.15, 0.2) is 42.5 Å². The van der Waals surface area contributed by atoms with Crippen LogP contribution in [0.3, 0.4) is 0 Å². The summed E-state index contributed by atoms with van der Waals surface area (Å²) in [7, 11) is -0.316. The highest BCUT2D eigenvalue weighted by Crippen LogP contribution is 2.29. The van der Waals surface area contributed by atoms with Gasteiger partial charge in [-0.3, -0.25) is 4.79 Å². The van der Waals surface area contributed by atoms with Crippen LogP contribution < -0.4 is 4.74 Å². The fourth-order valence-electron chi connectivity index (χ4n) is 3.73.